The van der Waals surface area contributed by atoms with Crippen LogP contribution < -0.4 is 9.47 Å². The minimum atomic E-state index is -0.717. The van der Waals surface area contributed by atoms with Crippen LogP contribution in [-0.2, 0) is 0 Å². The second-order valence-corrected chi connectivity index (χ2v) is 9.24. The van der Waals surface area contributed by atoms with E-state index < -0.39 is 17.6 Å². The average molecular weight is 523 g/mol. The summed E-state index contributed by atoms with van der Waals surface area (Å²) in [5, 5.41) is 7.62. The van der Waals surface area contributed by atoms with Crippen LogP contribution in [0.4, 0.5) is 20.2 Å². The fourth-order valence-electron chi connectivity index (χ4n) is 3.91. The Morgan fingerprint density at radius 3 is 2.05 bits per heavy atom. The van der Waals surface area contributed by atoms with Gasteiger partial charge in [0, 0.05) is 12.1 Å². The minimum Gasteiger partial charge on any atom is -0.494 e. The number of unbranched alkanes of at least 4 members (excludes halogenated alkanes) is 9. The van der Waals surface area contributed by atoms with E-state index in [9.17, 15) is 13.6 Å². The molecule has 0 fully saturated rings. The lowest BCUT2D eigenvalue weighted by Crippen LogP contribution is -2.08. The Morgan fingerprint density at radius 1 is 0.737 bits per heavy atom. The number of hydrogen-bond donors (Lipinski definition) is 0. The van der Waals surface area contributed by atoms with Crippen LogP contribution in [0.25, 0.3) is 0 Å². The highest BCUT2D eigenvalue weighted by molar-refractivity contribution is 5.91. The predicted molar refractivity (Wildman–Crippen MR) is 146 cm³/mol. The molecule has 0 amide bonds. The molecule has 0 heterocycles. The van der Waals surface area contributed by atoms with Crippen molar-refractivity contribution in [2.75, 3.05) is 6.61 Å². The van der Waals surface area contributed by atoms with Gasteiger partial charge in [-0.2, -0.15) is 5.11 Å². The van der Waals surface area contributed by atoms with E-state index >= 15 is 0 Å². The number of azo groups is 1. The smallest absolute Gasteiger partial charge is 0.343 e. The molecule has 3 aromatic carbocycles. The van der Waals surface area contributed by atoms with Crippen molar-refractivity contribution in [3.05, 3.63) is 83.9 Å². The zero-order valence-electron chi connectivity index (χ0n) is 22.0. The van der Waals surface area contributed by atoms with Gasteiger partial charge in [0.05, 0.1) is 17.9 Å². The molecule has 5 nitrogen and oxygen atoms in total. The molecule has 7 heteroatoms. The molecule has 0 N–H and O–H groups in total. The maximum atomic E-state index is 14.4. The molecule has 0 atom stereocenters. The topological polar surface area (TPSA) is 60.2 Å². The summed E-state index contributed by atoms with van der Waals surface area (Å²) < 4.78 is 38.7. The second-order valence-electron chi connectivity index (χ2n) is 9.24. The van der Waals surface area contributed by atoms with Crippen molar-refractivity contribution in [1.82, 2.24) is 0 Å². The van der Waals surface area contributed by atoms with E-state index in [1.54, 1.807) is 30.3 Å². The van der Waals surface area contributed by atoms with E-state index in [0.717, 1.165) is 18.9 Å². The molecule has 38 heavy (non-hydrogen) atoms. The molecule has 0 unspecified atom stereocenters. The Morgan fingerprint density at radius 2 is 1.39 bits per heavy atom. The van der Waals surface area contributed by atoms with Crippen LogP contribution in [0.15, 0.2) is 77.0 Å². The first-order valence-electron chi connectivity index (χ1n) is 13.5. The number of ether oxygens (including phenoxy) is 2. The zero-order valence-corrected chi connectivity index (χ0v) is 22.0. The standard InChI is InChI=1S/C31H36F2N2O3/c1-2-3-4-5-6-7-8-9-10-11-21-37-27-17-15-24(16-18-27)31(36)38-28-19-20-30(29(33)23-28)35-34-26-14-12-13-25(32)22-26/h12-20,22-23H,2-11,21H2,1H3. The molecule has 0 aliphatic rings. The Kier molecular flexibility index (Phi) is 12.4. The fourth-order valence-corrected chi connectivity index (χ4v) is 3.91. The van der Waals surface area contributed by atoms with E-state index in [0.29, 0.717) is 17.9 Å². The van der Waals surface area contributed by atoms with Crippen LogP contribution in [0.5, 0.6) is 11.5 Å². The molecular weight excluding hydrogens is 486 g/mol. The number of carbonyl (C=O) groups is 1. The van der Waals surface area contributed by atoms with E-state index in [-0.39, 0.29) is 17.1 Å². The minimum absolute atomic E-state index is 0.0403. The number of hydrogen-bond acceptors (Lipinski definition) is 5. The summed E-state index contributed by atoms with van der Waals surface area (Å²) in [4.78, 5) is 12.5. The summed E-state index contributed by atoms with van der Waals surface area (Å²) in [5.41, 5.74) is 0.528. The molecule has 3 rings (SSSR count). The van der Waals surface area contributed by atoms with Crippen LogP contribution in [0.1, 0.15) is 81.5 Å². The number of benzene rings is 3. The average Bonchev–Trinajstić information content (AvgIpc) is 2.91. The third-order valence-electron chi connectivity index (χ3n) is 6.07. The van der Waals surface area contributed by atoms with E-state index in [4.69, 9.17) is 9.47 Å². The molecule has 0 bridgehead atoms. The molecule has 0 spiro atoms. The first-order valence-corrected chi connectivity index (χ1v) is 13.5. The van der Waals surface area contributed by atoms with Gasteiger partial charge in [-0.05, 0) is 55.0 Å². The third kappa shape index (κ3) is 10.4. The second kappa shape index (κ2) is 16.3. The van der Waals surface area contributed by atoms with E-state index in [1.165, 1.54) is 81.7 Å². The number of carbonyl (C=O) groups excluding carboxylic acids is 1. The van der Waals surface area contributed by atoms with Crippen LogP contribution in [0, 0.1) is 11.6 Å². The summed E-state index contributed by atoms with van der Waals surface area (Å²) in [6, 6.07) is 16.0. The number of rotatable bonds is 16. The molecule has 0 aromatic heterocycles. The van der Waals surface area contributed by atoms with Gasteiger partial charge in [0.2, 0.25) is 0 Å². The van der Waals surface area contributed by atoms with Gasteiger partial charge in [-0.1, -0.05) is 70.8 Å². The van der Waals surface area contributed by atoms with Crippen molar-refractivity contribution in [2.45, 2.75) is 71.1 Å². The summed E-state index contributed by atoms with van der Waals surface area (Å²) in [6.07, 6.45) is 12.7. The van der Waals surface area contributed by atoms with Gasteiger partial charge >= 0.3 is 5.97 Å². The maximum absolute atomic E-state index is 14.4. The van der Waals surface area contributed by atoms with Crippen molar-refractivity contribution in [3.8, 4) is 11.5 Å². The lowest BCUT2D eigenvalue weighted by atomic mass is 10.1. The highest BCUT2D eigenvalue weighted by atomic mass is 19.1. The quantitative estimate of drug-likeness (QED) is 0.0814. The van der Waals surface area contributed by atoms with Crippen LogP contribution in [0.2, 0.25) is 0 Å². The Labute approximate surface area is 223 Å². The van der Waals surface area contributed by atoms with Gasteiger partial charge in [0.15, 0.2) is 5.82 Å². The normalized spacial score (nSPS) is 11.1. The van der Waals surface area contributed by atoms with Crippen molar-refractivity contribution >= 4 is 17.3 Å². The molecule has 0 aliphatic carbocycles. The van der Waals surface area contributed by atoms with Crippen molar-refractivity contribution in [2.24, 2.45) is 10.2 Å². The third-order valence-corrected chi connectivity index (χ3v) is 6.07. The summed E-state index contributed by atoms with van der Waals surface area (Å²) in [7, 11) is 0. The maximum Gasteiger partial charge on any atom is 0.343 e. The van der Waals surface area contributed by atoms with E-state index in [2.05, 4.69) is 17.2 Å². The molecule has 0 saturated carbocycles. The fraction of sp³-hybridized carbons (Fsp3) is 0.387. The molecule has 0 radical (unpaired) electrons. The van der Waals surface area contributed by atoms with Crippen molar-refractivity contribution in [1.29, 1.82) is 0 Å². The SMILES string of the molecule is CCCCCCCCCCCCOc1ccc(C(=O)Oc2ccc(N=Nc3cccc(F)c3)c(F)c2)cc1. The Hall–Kier alpha value is -3.61. The van der Waals surface area contributed by atoms with Crippen LogP contribution in [-0.4, -0.2) is 12.6 Å². The summed E-state index contributed by atoms with van der Waals surface area (Å²) >= 11 is 0. The highest BCUT2D eigenvalue weighted by Gasteiger charge is 2.11. The van der Waals surface area contributed by atoms with Crippen LogP contribution in [0.3, 0.4) is 0 Å². The molecule has 0 saturated heterocycles. The lowest BCUT2D eigenvalue weighted by Gasteiger charge is -2.08. The first-order chi connectivity index (χ1) is 18.5. The van der Waals surface area contributed by atoms with Gasteiger partial charge in [0.25, 0.3) is 0 Å². The zero-order chi connectivity index (χ0) is 27.0. The van der Waals surface area contributed by atoms with Gasteiger partial charge in [-0.25, -0.2) is 13.6 Å². The van der Waals surface area contributed by atoms with Crippen molar-refractivity contribution < 1.29 is 23.0 Å². The Bertz CT molecular complexity index is 1170. The summed E-state index contributed by atoms with van der Waals surface area (Å²) in [5.74, 6) is -1.06. The largest absolute Gasteiger partial charge is 0.494 e. The first kappa shape index (κ1) is 29.0. The van der Waals surface area contributed by atoms with Gasteiger partial charge < -0.3 is 9.47 Å². The van der Waals surface area contributed by atoms with Gasteiger partial charge in [-0.3, -0.25) is 0 Å². The Balaban J connectivity index is 1.37. The van der Waals surface area contributed by atoms with Gasteiger partial charge in [-0.15, -0.1) is 5.11 Å². The van der Waals surface area contributed by atoms with Crippen molar-refractivity contribution in [3.63, 3.8) is 0 Å². The monoisotopic (exact) mass is 522 g/mol. The van der Waals surface area contributed by atoms with Gasteiger partial charge in [0.1, 0.15) is 23.0 Å². The summed E-state index contributed by atoms with van der Waals surface area (Å²) in [6.45, 7) is 2.88. The highest BCUT2D eigenvalue weighted by Crippen LogP contribution is 2.26. The van der Waals surface area contributed by atoms with E-state index in [1.807, 2.05) is 0 Å². The molecule has 202 valence electrons. The predicted octanol–water partition coefficient (Wildman–Crippen LogP) is 9.90. The molecule has 3 aromatic rings. The molecular formula is C31H36F2N2O3. The molecule has 0 aliphatic heterocycles. The van der Waals surface area contributed by atoms with Crippen LogP contribution >= 0.6 is 0 Å². The number of halogens is 2. The number of nitrogens with zero attached hydrogens (tertiary/aromatic N) is 2. The lowest BCUT2D eigenvalue weighted by molar-refractivity contribution is 0.0734. The number of esters is 1.